The average Bonchev–Trinajstić information content (AvgIpc) is 2.72. The van der Waals surface area contributed by atoms with Crippen molar-refractivity contribution in [2.75, 3.05) is 5.32 Å². The number of rotatable bonds is 11. The molecule has 8 heteroatoms. The number of hydrogen-bond donors (Lipinski definition) is 4. The van der Waals surface area contributed by atoms with Gasteiger partial charge in [0, 0.05) is 46.6 Å². The van der Waals surface area contributed by atoms with E-state index in [9.17, 15) is 0 Å². The van der Waals surface area contributed by atoms with Gasteiger partial charge in [0.25, 0.3) is 0 Å². The molecule has 4 N–H and O–H groups in total. The standard InChI is InChI=1S/C35H66N8/c1-30(2,3)23-35(12,13)41-29-37-24-36-27(40-29)17-15-14-16-18-28(38-25-19-31(4,5)42-32(6,7)20-25)39-26-21-33(8,9)43-34(10,11)22-26/h24-26,42-43H,14-23H2,1-13H3,(H,38,39)(H,36,37,40,41). The van der Waals surface area contributed by atoms with Gasteiger partial charge in [0.1, 0.15) is 12.2 Å². The molecule has 3 rings (SSSR count). The topological polar surface area (TPSA) is 99.2 Å². The monoisotopic (exact) mass is 599 g/mol. The minimum atomic E-state index is -0.0861. The van der Waals surface area contributed by atoms with E-state index in [-0.39, 0.29) is 33.1 Å². The lowest BCUT2D eigenvalue weighted by atomic mass is 9.79. The van der Waals surface area contributed by atoms with E-state index in [0.29, 0.717) is 18.0 Å². The second-order valence-corrected chi connectivity index (χ2v) is 18.2. The Morgan fingerprint density at radius 3 is 1.93 bits per heavy atom. The first-order chi connectivity index (χ1) is 19.5. The maximum atomic E-state index is 5.45. The first-order valence-electron chi connectivity index (χ1n) is 16.9. The largest absolute Gasteiger partial charge is 0.371 e. The molecule has 0 spiro atoms. The van der Waals surface area contributed by atoms with E-state index in [2.05, 4.69) is 121 Å². The predicted octanol–water partition coefficient (Wildman–Crippen LogP) is 7.21. The summed E-state index contributed by atoms with van der Waals surface area (Å²) < 4.78 is 0. The van der Waals surface area contributed by atoms with Crippen molar-refractivity contribution in [2.24, 2.45) is 10.4 Å². The molecule has 2 aliphatic heterocycles. The van der Waals surface area contributed by atoms with Gasteiger partial charge in [-0.15, -0.1) is 0 Å². The van der Waals surface area contributed by atoms with Crippen molar-refractivity contribution in [3.8, 4) is 0 Å². The molecule has 0 amide bonds. The van der Waals surface area contributed by atoms with Crippen molar-refractivity contribution in [3.05, 3.63) is 12.2 Å². The number of aryl methyl sites for hydroxylation is 1. The van der Waals surface area contributed by atoms with Crippen LogP contribution in [0.5, 0.6) is 0 Å². The van der Waals surface area contributed by atoms with Crippen molar-refractivity contribution >= 4 is 11.8 Å². The first kappa shape index (κ1) is 35.7. The molecule has 0 aromatic carbocycles. The summed E-state index contributed by atoms with van der Waals surface area (Å²) in [5.41, 5.74) is 0.508. The van der Waals surface area contributed by atoms with Gasteiger partial charge in [0.2, 0.25) is 5.95 Å². The molecule has 0 bridgehead atoms. The number of amidine groups is 1. The summed E-state index contributed by atoms with van der Waals surface area (Å²) in [6.45, 7) is 29.8. The van der Waals surface area contributed by atoms with Gasteiger partial charge >= 0.3 is 0 Å². The highest BCUT2D eigenvalue weighted by Gasteiger charge is 2.39. The minimum absolute atomic E-state index is 0.0833. The quantitative estimate of drug-likeness (QED) is 0.121. The van der Waals surface area contributed by atoms with Crippen molar-refractivity contribution in [1.29, 1.82) is 0 Å². The van der Waals surface area contributed by atoms with Gasteiger partial charge in [0.15, 0.2) is 0 Å². The van der Waals surface area contributed by atoms with Crippen molar-refractivity contribution in [1.82, 2.24) is 30.9 Å². The number of piperidine rings is 2. The molecule has 0 radical (unpaired) electrons. The van der Waals surface area contributed by atoms with E-state index in [0.717, 1.165) is 70.0 Å². The zero-order valence-electron chi connectivity index (χ0n) is 30.1. The normalized spacial score (nSPS) is 22.8. The van der Waals surface area contributed by atoms with Gasteiger partial charge in [-0.05, 0) is 120 Å². The molecule has 0 aliphatic carbocycles. The maximum absolute atomic E-state index is 5.45. The van der Waals surface area contributed by atoms with Gasteiger partial charge in [-0.2, -0.15) is 4.98 Å². The van der Waals surface area contributed by atoms with Crippen LogP contribution < -0.4 is 21.3 Å². The second kappa shape index (κ2) is 13.3. The Bertz CT molecular complexity index is 1050. The van der Waals surface area contributed by atoms with Crippen LogP contribution in [0.3, 0.4) is 0 Å². The Morgan fingerprint density at radius 1 is 0.814 bits per heavy atom. The lowest BCUT2D eigenvalue weighted by molar-refractivity contribution is 0.154. The molecule has 0 unspecified atom stereocenters. The smallest absolute Gasteiger partial charge is 0.226 e. The van der Waals surface area contributed by atoms with Gasteiger partial charge in [-0.25, -0.2) is 9.97 Å². The Hall–Kier alpha value is -1.80. The molecule has 1 aromatic rings. The second-order valence-electron chi connectivity index (χ2n) is 18.2. The third-order valence-electron chi connectivity index (χ3n) is 8.43. The van der Waals surface area contributed by atoms with Crippen LogP contribution in [0.25, 0.3) is 0 Å². The summed E-state index contributed by atoms with van der Waals surface area (Å²) in [5, 5.41) is 15.2. The Kier molecular flexibility index (Phi) is 11.0. The number of nitrogens with zero attached hydrogens (tertiary/aromatic N) is 4. The number of anilines is 1. The average molecular weight is 599 g/mol. The fourth-order valence-electron chi connectivity index (χ4n) is 8.35. The van der Waals surface area contributed by atoms with Gasteiger partial charge in [0.05, 0.1) is 11.9 Å². The summed E-state index contributed by atoms with van der Waals surface area (Å²) in [6.07, 6.45) is 12.1. The third-order valence-corrected chi connectivity index (χ3v) is 8.43. The zero-order chi connectivity index (χ0) is 32.3. The number of unbranched alkanes of at least 4 members (excludes halogenated alkanes) is 2. The van der Waals surface area contributed by atoms with Crippen LogP contribution in [0, 0.1) is 5.41 Å². The SMILES string of the molecule is CC(C)(C)CC(C)(C)Nc1ncnc(CCCCCC(=NC2CC(C)(C)NC(C)(C)C2)NC2CC(C)(C)NC(C)(C)C2)n1. The number of aromatic nitrogens is 3. The fraction of sp³-hybridized carbons (Fsp3) is 0.886. The third kappa shape index (κ3) is 13.0. The molecule has 3 heterocycles. The molecule has 2 fully saturated rings. The van der Waals surface area contributed by atoms with Crippen LogP contribution >= 0.6 is 0 Å². The van der Waals surface area contributed by atoms with Crippen LogP contribution in [-0.2, 0) is 6.42 Å². The lowest BCUT2D eigenvalue weighted by Crippen LogP contribution is -2.62. The minimum Gasteiger partial charge on any atom is -0.371 e. The fourth-order valence-corrected chi connectivity index (χ4v) is 8.35. The van der Waals surface area contributed by atoms with E-state index in [4.69, 9.17) is 9.98 Å². The highest BCUT2D eigenvalue weighted by Crippen LogP contribution is 2.32. The van der Waals surface area contributed by atoms with Crippen LogP contribution in [0.2, 0.25) is 0 Å². The highest BCUT2D eigenvalue weighted by molar-refractivity contribution is 5.82. The molecular weight excluding hydrogens is 532 g/mol. The van der Waals surface area contributed by atoms with Gasteiger partial charge < -0.3 is 21.3 Å². The molecule has 43 heavy (non-hydrogen) atoms. The summed E-state index contributed by atoms with van der Waals surface area (Å²) in [4.78, 5) is 19.1. The predicted molar refractivity (Wildman–Crippen MR) is 183 cm³/mol. The van der Waals surface area contributed by atoms with E-state index < -0.39 is 0 Å². The Morgan fingerprint density at radius 2 is 1.37 bits per heavy atom. The van der Waals surface area contributed by atoms with Crippen LogP contribution in [-0.4, -0.2) is 60.6 Å². The molecule has 8 nitrogen and oxygen atoms in total. The molecule has 0 atom stereocenters. The molecular formula is C35H66N8. The van der Waals surface area contributed by atoms with Crippen molar-refractivity contribution < 1.29 is 0 Å². The molecule has 2 saturated heterocycles. The van der Waals surface area contributed by atoms with Crippen LogP contribution in [0.15, 0.2) is 11.3 Å². The lowest BCUT2D eigenvalue weighted by Gasteiger charge is -2.47. The summed E-state index contributed by atoms with van der Waals surface area (Å²) in [7, 11) is 0. The zero-order valence-corrected chi connectivity index (χ0v) is 30.1. The first-order valence-corrected chi connectivity index (χ1v) is 16.9. The summed E-state index contributed by atoms with van der Waals surface area (Å²) in [6, 6.07) is 0.751. The van der Waals surface area contributed by atoms with E-state index in [1.54, 1.807) is 6.33 Å². The van der Waals surface area contributed by atoms with Gasteiger partial charge in [-0.1, -0.05) is 27.2 Å². The molecule has 1 aromatic heterocycles. The molecule has 246 valence electrons. The highest BCUT2D eigenvalue weighted by atomic mass is 15.2. The van der Waals surface area contributed by atoms with Gasteiger partial charge in [-0.3, -0.25) is 4.99 Å². The summed E-state index contributed by atoms with van der Waals surface area (Å²) >= 11 is 0. The Labute approximate surface area is 264 Å². The van der Waals surface area contributed by atoms with E-state index in [1.807, 2.05) is 0 Å². The number of hydrogen-bond acceptors (Lipinski definition) is 7. The number of aliphatic imine (C=N–C) groups is 1. The molecule has 2 aliphatic rings. The van der Waals surface area contributed by atoms with Crippen LogP contribution in [0.1, 0.15) is 154 Å². The van der Waals surface area contributed by atoms with Crippen LogP contribution in [0.4, 0.5) is 5.95 Å². The maximum Gasteiger partial charge on any atom is 0.226 e. The van der Waals surface area contributed by atoms with E-state index >= 15 is 0 Å². The van der Waals surface area contributed by atoms with E-state index in [1.165, 1.54) is 5.84 Å². The van der Waals surface area contributed by atoms with Crippen molar-refractivity contribution in [2.45, 2.75) is 194 Å². The van der Waals surface area contributed by atoms with Crippen molar-refractivity contribution in [3.63, 3.8) is 0 Å². The summed E-state index contributed by atoms with van der Waals surface area (Å²) in [5.74, 6) is 2.75. The molecule has 0 saturated carbocycles. The number of nitrogens with one attached hydrogen (secondary N) is 4. The Balaban J connectivity index is 1.61.